The van der Waals surface area contributed by atoms with Crippen molar-refractivity contribution in [3.05, 3.63) is 86.1 Å². The van der Waals surface area contributed by atoms with Gasteiger partial charge in [0.25, 0.3) is 5.56 Å². The van der Waals surface area contributed by atoms with Crippen molar-refractivity contribution in [2.75, 3.05) is 0 Å². The molecule has 0 spiro atoms. The molecule has 0 saturated heterocycles. The van der Waals surface area contributed by atoms with Crippen molar-refractivity contribution >= 4 is 39.0 Å². The molecule has 0 aliphatic carbocycles. The third-order valence-electron chi connectivity index (χ3n) is 5.55. The zero-order valence-electron chi connectivity index (χ0n) is 18.4. The number of aromatic carboxylic acids is 1. The maximum absolute atomic E-state index is 13.2. The van der Waals surface area contributed by atoms with Crippen LogP contribution in [0.1, 0.15) is 53.7 Å². The van der Waals surface area contributed by atoms with Crippen LogP contribution >= 0.6 is 15.9 Å². The average Bonchev–Trinajstić information content (AvgIpc) is 3.26. The Kier molecular flexibility index (Phi) is 6.29. The van der Waals surface area contributed by atoms with Gasteiger partial charge in [0.2, 0.25) is 0 Å². The number of aryl methyl sites for hydroxylation is 1. The lowest BCUT2D eigenvalue weighted by atomic mass is 10.0. The molecule has 4 aromatic rings. The van der Waals surface area contributed by atoms with Crippen LogP contribution in [0.4, 0.5) is 0 Å². The third kappa shape index (κ3) is 4.52. The molecule has 2 aromatic carbocycles. The maximum Gasteiger partial charge on any atom is 0.335 e. The molecule has 33 heavy (non-hydrogen) atoms. The second kappa shape index (κ2) is 9.15. The lowest BCUT2D eigenvalue weighted by Gasteiger charge is -2.13. The van der Waals surface area contributed by atoms with Crippen LogP contribution in [-0.4, -0.2) is 27.0 Å². The van der Waals surface area contributed by atoms with Gasteiger partial charge >= 0.3 is 5.97 Å². The summed E-state index contributed by atoms with van der Waals surface area (Å²) in [7, 11) is 0. The van der Waals surface area contributed by atoms with E-state index in [-0.39, 0.29) is 17.0 Å². The van der Waals surface area contributed by atoms with Gasteiger partial charge in [-0.1, -0.05) is 35.8 Å². The SMILES string of the molecule is CC[C@@H](C)c1nc2ccc(Br)cc2c(=O)n1N=Cc1ccc(-c2ccc(C(=O)O)cc2C)o1. The van der Waals surface area contributed by atoms with Crippen LogP contribution in [-0.2, 0) is 0 Å². The number of furan rings is 1. The van der Waals surface area contributed by atoms with Gasteiger partial charge in [0, 0.05) is 16.0 Å². The van der Waals surface area contributed by atoms with Crippen LogP contribution in [0.15, 0.2) is 67.3 Å². The van der Waals surface area contributed by atoms with Gasteiger partial charge < -0.3 is 9.52 Å². The van der Waals surface area contributed by atoms with Gasteiger partial charge in [-0.2, -0.15) is 9.78 Å². The summed E-state index contributed by atoms with van der Waals surface area (Å²) in [5.74, 6) is 0.686. The van der Waals surface area contributed by atoms with E-state index >= 15 is 0 Å². The number of hydrogen-bond acceptors (Lipinski definition) is 5. The van der Waals surface area contributed by atoms with Crippen molar-refractivity contribution in [2.45, 2.75) is 33.1 Å². The third-order valence-corrected chi connectivity index (χ3v) is 6.05. The average molecular weight is 508 g/mol. The van der Waals surface area contributed by atoms with Gasteiger partial charge in [-0.3, -0.25) is 4.79 Å². The van der Waals surface area contributed by atoms with E-state index in [0.717, 1.165) is 22.0 Å². The number of carbonyl (C=O) groups is 1. The highest BCUT2D eigenvalue weighted by Crippen LogP contribution is 2.26. The number of nitrogens with zero attached hydrogens (tertiary/aromatic N) is 3. The molecule has 1 atom stereocenters. The molecule has 0 bridgehead atoms. The fraction of sp³-hybridized carbons (Fsp3) is 0.200. The van der Waals surface area contributed by atoms with Crippen LogP contribution < -0.4 is 5.56 Å². The van der Waals surface area contributed by atoms with E-state index in [4.69, 9.17) is 14.5 Å². The zero-order chi connectivity index (χ0) is 23.7. The predicted molar refractivity (Wildman–Crippen MR) is 131 cm³/mol. The van der Waals surface area contributed by atoms with E-state index in [2.05, 4.69) is 21.0 Å². The van der Waals surface area contributed by atoms with Crippen molar-refractivity contribution in [1.82, 2.24) is 9.66 Å². The van der Waals surface area contributed by atoms with E-state index in [9.17, 15) is 9.59 Å². The first-order valence-corrected chi connectivity index (χ1v) is 11.3. The molecule has 0 aliphatic rings. The Morgan fingerprint density at radius 1 is 1.24 bits per heavy atom. The topological polar surface area (TPSA) is 97.7 Å². The molecule has 2 aromatic heterocycles. The van der Waals surface area contributed by atoms with E-state index in [0.29, 0.717) is 28.2 Å². The number of aromatic nitrogens is 2. The number of carboxylic acid groups (broad SMARTS) is 1. The lowest BCUT2D eigenvalue weighted by Crippen LogP contribution is -2.23. The second-order valence-electron chi connectivity index (χ2n) is 7.84. The number of rotatable bonds is 6. The summed E-state index contributed by atoms with van der Waals surface area (Å²) in [4.78, 5) is 29.1. The Labute approximate surface area is 198 Å². The van der Waals surface area contributed by atoms with Gasteiger partial charge in [0.05, 0.1) is 22.7 Å². The molecular weight excluding hydrogens is 486 g/mol. The van der Waals surface area contributed by atoms with E-state index < -0.39 is 5.97 Å². The van der Waals surface area contributed by atoms with Crippen LogP contribution in [0.2, 0.25) is 0 Å². The smallest absolute Gasteiger partial charge is 0.335 e. The Hall–Kier alpha value is -3.52. The molecule has 1 N–H and O–H groups in total. The summed E-state index contributed by atoms with van der Waals surface area (Å²) in [6, 6.07) is 13.8. The Morgan fingerprint density at radius 2 is 2.03 bits per heavy atom. The molecule has 7 nitrogen and oxygen atoms in total. The Bertz CT molecular complexity index is 1450. The van der Waals surface area contributed by atoms with E-state index in [1.807, 2.05) is 32.9 Å². The Balaban J connectivity index is 1.74. The van der Waals surface area contributed by atoms with E-state index in [1.54, 1.807) is 30.3 Å². The number of benzene rings is 2. The summed E-state index contributed by atoms with van der Waals surface area (Å²) in [5.41, 5.74) is 2.17. The van der Waals surface area contributed by atoms with Gasteiger partial charge in [-0.25, -0.2) is 9.78 Å². The number of fused-ring (bicyclic) bond motifs is 1. The molecule has 0 radical (unpaired) electrons. The molecule has 4 rings (SSSR count). The molecule has 0 fully saturated rings. The van der Waals surface area contributed by atoms with Crippen molar-refractivity contribution in [2.24, 2.45) is 5.10 Å². The Morgan fingerprint density at radius 3 is 2.73 bits per heavy atom. The highest BCUT2D eigenvalue weighted by molar-refractivity contribution is 9.10. The molecule has 0 saturated carbocycles. The molecule has 0 amide bonds. The molecule has 2 heterocycles. The first-order chi connectivity index (χ1) is 15.8. The minimum Gasteiger partial charge on any atom is -0.478 e. The van der Waals surface area contributed by atoms with Crippen LogP contribution in [0.3, 0.4) is 0 Å². The quantitative estimate of drug-likeness (QED) is 0.331. The standard InChI is InChI=1S/C25H22BrN3O4/c1-4-14(2)23-28-21-9-6-17(26)12-20(21)24(30)29(23)27-13-18-7-10-22(33-18)19-8-5-16(25(31)32)11-15(19)3/h5-14H,4H2,1-3H3,(H,31,32)/t14-/m1/s1. The first-order valence-electron chi connectivity index (χ1n) is 10.5. The first kappa shape index (κ1) is 22.7. The van der Waals surface area contributed by atoms with Crippen molar-refractivity contribution < 1.29 is 14.3 Å². The van der Waals surface area contributed by atoms with Crippen molar-refractivity contribution in [3.8, 4) is 11.3 Å². The van der Waals surface area contributed by atoms with Crippen molar-refractivity contribution in [3.63, 3.8) is 0 Å². The molecule has 168 valence electrons. The summed E-state index contributed by atoms with van der Waals surface area (Å²) in [6.45, 7) is 5.87. The summed E-state index contributed by atoms with van der Waals surface area (Å²) < 4.78 is 8.03. The molecule has 0 aliphatic heterocycles. The highest BCUT2D eigenvalue weighted by Gasteiger charge is 2.16. The minimum atomic E-state index is -0.976. The maximum atomic E-state index is 13.2. The van der Waals surface area contributed by atoms with Crippen molar-refractivity contribution in [1.29, 1.82) is 0 Å². The van der Waals surface area contributed by atoms with Gasteiger partial charge in [-0.05, 0) is 61.4 Å². The van der Waals surface area contributed by atoms with Crippen LogP contribution in [0.25, 0.3) is 22.2 Å². The van der Waals surface area contributed by atoms with Gasteiger partial charge in [0.1, 0.15) is 17.3 Å². The summed E-state index contributed by atoms with van der Waals surface area (Å²) in [6.07, 6.45) is 2.30. The predicted octanol–water partition coefficient (Wildman–Crippen LogP) is 5.82. The fourth-order valence-corrected chi connectivity index (χ4v) is 3.89. The summed E-state index contributed by atoms with van der Waals surface area (Å²) >= 11 is 3.41. The van der Waals surface area contributed by atoms with Crippen LogP contribution in [0, 0.1) is 6.92 Å². The van der Waals surface area contributed by atoms with Crippen LogP contribution in [0.5, 0.6) is 0 Å². The lowest BCUT2D eigenvalue weighted by molar-refractivity contribution is 0.0697. The monoisotopic (exact) mass is 507 g/mol. The number of carboxylic acids is 1. The summed E-state index contributed by atoms with van der Waals surface area (Å²) in [5, 5.41) is 14.1. The van der Waals surface area contributed by atoms with Gasteiger partial charge in [0.15, 0.2) is 0 Å². The van der Waals surface area contributed by atoms with E-state index in [1.165, 1.54) is 17.0 Å². The number of halogens is 1. The second-order valence-corrected chi connectivity index (χ2v) is 8.75. The highest BCUT2D eigenvalue weighted by atomic mass is 79.9. The van der Waals surface area contributed by atoms with Gasteiger partial charge in [-0.15, -0.1) is 0 Å². The molecule has 8 heteroatoms. The minimum absolute atomic E-state index is 0.0328. The normalized spacial score (nSPS) is 12.5. The molecule has 0 unspecified atom stereocenters. The fourth-order valence-electron chi connectivity index (χ4n) is 3.53. The zero-order valence-corrected chi connectivity index (χ0v) is 20.0. The largest absolute Gasteiger partial charge is 0.478 e. The molecular formula is C25H22BrN3O4. The number of hydrogen-bond donors (Lipinski definition) is 1.